The molecule has 10 nitrogen and oxygen atoms in total. The Kier molecular flexibility index (Phi) is 7.92. The molecule has 1 aromatic carbocycles. The minimum atomic E-state index is -0.650. The fourth-order valence-corrected chi connectivity index (χ4v) is 4.11. The highest BCUT2D eigenvalue weighted by Gasteiger charge is 2.21. The molecule has 2 heterocycles. The number of methoxy groups -OCH3 is 2. The van der Waals surface area contributed by atoms with Crippen LogP contribution < -0.4 is 5.32 Å². The number of hydrogen-bond donors (Lipinski definition) is 1. The molecular weight excluding hydrogens is 516 g/mol. The summed E-state index contributed by atoms with van der Waals surface area (Å²) in [5.41, 5.74) is 0.434. The van der Waals surface area contributed by atoms with Gasteiger partial charge in [-0.05, 0) is 60.1 Å². The van der Waals surface area contributed by atoms with E-state index >= 15 is 0 Å². The highest BCUT2D eigenvalue weighted by molar-refractivity contribution is 9.10. The van der Waals surface area contributed by atoms with E-state index in [4.69, 9.17) is 13.9 Å². The number of amides is 1. The zero-order valence-electron chi connectivity index (χ0n) is 18.2. The molecular formula is C21H21BrN4O6S. The first kappa shape index (κ1) is 24.5. The smallest absolute Gasteiger partial charge is 0.339 e. The molecule has 1 N–H and O–H groups in total. The van der Waals surface area contributed by atoms with Crippen molar-refractivity contribution >= 4 is 51.2 Å². The predicted octanol–water partition coefficient (Wildman–Crippen LogP) is 4.19. The second-order valence-corrected chi connectivity index (χ2v) is 8.68. The predicted molar refractivity (Wildman–Crippen MR) is 124 cm³/mol. The van der Waals surface area contributed by atoms with E-state index < -0.39 is 17.8 Å². The van der Waals surface area contributed by atoms with Crippen LogP contribution in [0, 0.1) is 0 Å². The van der Waals surface area contributed by atoms with E-state index in [-0.39, 0.29) is 28.6 Å². The Bertz CT molecular complexity index is 1190. The fraction of sp³-hybridized carbons (Fsp3) is 0.286. The van der Waals surface area contributed by atoms with Crippen LogP contribution in [0.3, 0.4) is 0 Å². The van der Waals surface area contributed by atoms with Crippen LogP contribution in [0.15, 0.2) is 44.6 Å². The van der Waals surface area contributed by atoms with Crippen molar-refractivity contribution < 1.29 is 28.3 Å². The molecule has 0 aliphatic carbocycles. The van der Waals surface area contributed by atoms with Gasteiger partial charge in [0.1, 0.15) is 0 Å². The molecule has 3 rings (SSSR count). The highest BCUT2D eigenvalue weighted by Crippen LogP contribution is 2.30. The average Bonchev–Trinajstić information content (AvgIpc) is 3.42. The maximum Gasteiger partial charge on any atom is 0.339 e. The molecule has 33 heavy (non-hydrogen) atoms. The lowest BCUT2D eigenvalue weighted by atomic mass is 10.1. The zero-order chi connectivity index (χ0) is 24.1. The van der Waals surface area contributed by atoms with E-state index in [0.717, 1.165) is 0 Å². The number of benzene rings is 1. The lowest BCUT2D eigenvalue weighted by Crippen LogP contribution is -2.18. The third-order valence-corrected chi connectivity index (χ3v) is 5.80. The van der Waals surface area contributed by atoms with Crippen molar-refractivity contribution in [2.24, 2.45) is 0 Å². The lowest BCUT2D eigenvalue weighted by Gasteiger charge is -2.13. The molecule has 0 radical (unpaired) electrons. The van der Waals surface area contributed by atoms with Crippen molar-refractivity contribution in [3.8, 4) is 11.6 Å². The van der Waals surface area contributed by atoms with Gasteiger partial charge in [0.2, 0.25) is 11.7 Å². The Morgan fingerprint density at radius 1 is 1.12 bits per heavy atom. The third-order valence-electron chi connectivity index (χ3n) is 4.43. The molecule has 0 unspecified atom stereocenters. The van der Waals surface area contributed by atoms with Crippen molar-refractivity contribution in [2.75, 3.05) is 25.3 Å². The summed E-state index contributed by atoms with van der Waals surface area (Å²) in [6.07, 6.45) is 0. The van der Waals surface area contributed by atoms with Gasteiger partial charge in [-0.1, -0.05) is 11.8 Å². The number of rotatable bonds is 8. The first-order chi connectivity index (χ1) is 15.7. The molecule has 174 valence electrons. The van der Waals surface area contributed by atoms with Gasteiger partial charge < -0.3 is 19.2 Å². The van der Waals surface area contributed by atoms with Gasteiger partial charge in [0.15, 0.2) is 15.6 Å². The molecule has 12 heteroatoms. The van der Waals surface area contributed by atoms with Gasteiger partial charge in [0.05, 0.1) is 36.8 Å². The highest BCUT2D eigenvalue weighted by atomic mass is 79.9. The number of halogens is 1. The van der Waals surface area contributed by atoms with Gasteiger partial charge in [-0.25, -0.2) is 9.59 Å². The van der Waals surface area contributed by atoms with Crippen LogP contribution in [0.5, 0.6) is 0 Å². The second-order valence-electron chi connectivity index (χ2n) is 6.95. The van der Waals surface area contributed by atoms with Crippen molar-refractivity contribution in [3.63, 3.8) is 0 Å². The summed E-state index contributed by atoms with van der Waals surface area (Å²) in [7, 11) is 2.47. The Hall–Kier alpha value is -3.12. The van der Waals surface area contributed by atoms with Crippen LogP contribution in [0.1, 0.15) is 40.6 Å². The number of hydrogen-bond acceptors (Lipinski definition) is 9. The van der Waals surface area contributed by atoms with Gasteiger partial charge >= 0.3 is 11.9 Å². The topological polar surface area (TPSA) is 126 Å². The summed E-state index contributed by atoms with van der Waals surface area (Å²) >= 11 is 4.45. The SMILES string of the molecule is COC(=O)c1ccc(C(=O)OC)c(NC(=O)CSc2nnc(-c3ccc(Br)o3)n2C(C)C)c1. The Morgan fingerprint density at radius 3 is 2.45 bits per heavy atom. The van der Waals surface area contributed by atoms with Crippen LogP contribution in [0.25, 0.3) is 11.6 Å². The fourth-order valence-electron chi connectivity index (χ4n) is 2.94. The summed E-state index contributed by atoms with van der Waals surface area (Å²) in [5, 5.41) is 11.6. The molecule has 0 spiro atoms. The number of thioether (sulfide) groups is 1. The van der Waals surface area contributed by atoms with Crippen LogP contribution in [0.2, 0.25) is 0 Å². The van der Waals surface area contributed by atoms with E-state index in [2.05, 4.69) is 31.4 Å². The van der Waals surface area contributed by atoms with Gasteiger partial charge in [0, 0.05) is 6.04 Å². The molecule has 0 saturated heterocycles. The van der Waals surface area contributed by atoms with Gasteiger partial charge in [-0.2, -0.15) is 0 Å². The summed E-state index contributed by atoms with van der Waals surface area (Å²) in [6.45, 7) is 3.94. The molecule has 2 aromatic heterocycles. The molecule has 0 aliphatic heterocycles. The Balaban J connectivity index is 1.79. The number of carbonyl (C=O) groups is 3. The standard InChI is InChI=1S/C21H21BrN4O6S/c1-11(2)26-18(15-7-8-16(22)32-15)24-25-21(26)33-10-17(27)23-14-9-12(19(28)30-3)5-6-13(14)20(29)31-4/h5-9,11H,10H2,1-4H3,(H,23,27). The summed E-state index contributed by atoms with van der Waals surface area (Å²) in [6, 6.07) is 7.72. The molecule has 0 atom stereocenters. The first-order valence-corrected chi connectivity index (χ1v) is 11.5. The normalized spacial score (nSPS) is 10.8. The van der Waals surface area contributed by atoms with Crippen LogP contribution in [0.4, 0.5) is 5.69 Å². The molecule has 0 aliphatic rings. The number of furan rings is 1. The number of carbonyl (C=O) groups excluding carboxylic acids is 3. The zero-order valence-corrected chi connectivity index (χ0v) is 20.7. The average molecular weight is 537 g/mol. The Labute approximate surface area is 202 Å². The molecule has 0 saturated carbocycles. The van der Waals surface area contributed by atoms with E-state index in [0.29, 0.717) is 21.4 Å². The minimum absolute atomic E-state index is 0.00658. The monoisotopic (exact) mass is 536 g/mol. The number of anilines is 1. The summed E-state index contributed by atoms with van der Waals surface area (Å²) in [5.74, 6) is -0.594. The van der Waals surface area contributed by atoms with Crippen molar-refractivity contribution in [2.45, 2.75) is 25.0 Å². The van der Waals surface area contributed by atoms with E-state index in [1.165, 1.54) is 44.2 Å². The number of nitrogens with one attached hydrogen (secondary N) is 1. The van der Waals surface area contributed by atoms with E-state index in [1.807, 2.05) is 18.4 Å². The molecule has 3 aromatic rings. The van der Waals surface area contributed by atoms with Crippen LogP contribution in [-0.4, -0.2) is 52.6 Å². The largest absolute Gasteiger partial charge is 0.465 e. The minimum Gasteiger partial charge on any atom is -0.465 e. The van der Waals surface area contributed by atoms with Gasteiger partial charge in [-0.15, -0.1) is 10.2 Å². The number of aromatic nitrogens is 3. The second kappa shape index (κ2) is 10.7. The number of nitrogens with zero attached hydrogens (tertiary/aromatic N) is 3. The van der Waals surface area contributed by atoms with E-state index in [9.17, 15) is 14.4 Å². The molecule has 1 amide bonds. The molecule has 0 fully saturated rings. The number of esters is 2. The van der Waals surface area contributed by atoms with Crippen molar-refractivity contribution in [3.05, 3.63) is 46.1 Å². The first-order valence-electron chi connectivity index (χ1n) is 9.69. The summed E-state index contributed by atoms with van der Waals surface area (Å²) in [4.78, 5) is 36.6. The third kappa shape index (κ3) is 5.63. The van der Waals surface area contributed by atoms with Crippen LogP contribution in [-0.2, 0) is 14.3 Å². The lowest BCUT2D eigenvalue weighted by molar-refractivity contribution is -0.113. The van der Waals surface area contributed by atoms with Crippen LogP contribution >= 0.6 is 27.7 Å². The quantitative estimate of drug-likeness (QED) is 0.333. The number of ether oxygens (including phenoxy) is 2. The maximum absolute atomic E-state index is 12.7. The molecule has 0 bridgehead atoms. The van der Waals surface area contributed by atoms with E-state index in [1.54, 1.807) is 12.1 Å². The van der Waals surface area contributed by atoms with Crippen molar-refractivity contribution in [1.82, 2.24) is 14.8 Å². The Morgan fingerprint density at radius 2 is 1.85 bits per heavy atom. The summed E-state index contributed by atoms with van der Waals surface area (Å²) < 4.78 is 17.5. The maximum atomic E-state index is 12.7. The van der Waals surface area contributed by atoms with Gasteiger partial charge in [0.25, 0.3) is 0 Å². The van der Waals surface area contributed by atoms with Gasteiger partial charge in [-0.3, -0.25) is 9.36 Å². The van der Waals surface area contributed by atoms with Crippen molar-refractivity contribution in [1.29, 1.82) is 0 Å².